The minimum absolute atomic E-state index is 0.00284. The summed E-state index contributed by atoms with van der Waals surface area (Å²) in [5.74, 6) is -0.134. The van der Waals surface area contributed by atoms with Gasteiger partial charge in [0.25, 0.3) is 5.91 Å². The van der Waals surface area contributed by atoms with Gasteiger partial charge in [0, 0.05) is 37.1 Å². The molecular weight excluding hydrogens is 356 g/mol. The highest BCUT2D eigenvalue weighted by Gasteiger charge is 2.48. The summed E-state index contributed by atoms with van der Waals surface area (Å²) in [6.45, 7) is 5.44. The van der Waals surface area contributed by atoms with Gasteiger partial charge in [-0.3, -0.25) is 14.8 Å². The number of imidazole rings is 1. The number of aromatic nitrogens is 4. The molecule has 0 spiro atoms. The van der Waals surface area contributed by atoms with E-state index in [2.05, 4.69) is 25.1 Å². The minimum atomic E-state index is -3.19. The highest BCUT2D eigenvalue weighted by Crippen LogP contribution is 2.29. The summed E-state index contributed by atoms with van der Waals surface area (Å²) in [5, 5.41) is 6.81. The first-order chi connectivity index (χ1) is 12.3. The van der Waals surface area contributed by atoms with Crippen LogP contribution in [0.3, 0.4) is 0 Å². The van der Waals surface area contributed by atoms with Crippen molar-refractivity contribution in [3.63, 3.8) is 0 Å². The Morgan fingerprint density at radius 3 is 2.69 bits per heavy atom. The van der Waals surface area contributed by atoms with Crippen LogP contribution in [0.15, 0.2) is 12.4 Å². The molecule has 2 aromatic rings. The molecule has 2 saturated heterocycles. The van der Waals surface area contributed by atoms with Gasteiger partial charge in [-0.25, -0.2) is 13.4 Å². The van der Waals surface area contributed by atoms with E-state index in [9.17, 15) is 13.2 Å². The number of amides is 1. The summed E-state index contributed by atoms with van der Waals surface area (Å²) < 4.78 is 24.6. The molecule has 0 saturated carbocycles. The number of aromatic amines is 2. The lowest BCUT2D eigenvalue weighted by Crippen LogP contribution is -2.60. The maximum atomic E-state index is 12.9. The van der Waals surface area contributed by atoms with Crippen LogP contribution in [-0.2, 0) is 16.4 Å². The van der Waals surface area contributed by atoms with Crippen LogP contribution in [0.4, 0.5) is 0 Å². The Balaban J connectivity index is 1.59. The number of aryl methyl sites for hydroxylation is 2. The van der Waals surface area contributed by atoms with Crippen LogP contribution < -0.4 is 0 Å². The SMILES string of the molecule is Cc1cc(C(=O)N2CCN(Cc3nc[nH]c3C)[C@H]3CS(=O)(=O)C[C@H]32)n[nH]1. The molecule has 9 nitrogen and oxygen atoms in total. The van der Waals surface area contributed by atoms with Gasteiger partial charge in [-0.2, -0.15) is 5.10 Å². The third kappa shape index (κ3) is 3.03. The van der Waals surface area contributed by atoms with Crippen molar-refractivity contribution in [2.75, 3.05) is 24.6 Å². The maximum absolute atomic E-state index is 12.9. The largest absolute Gasteiger partial charge is 0.348 e. The van der Waals surface area contributed by atoms with Crippen molar-refractivity contribution in [1.29, 1.82) is 0 Å². The average molecular weight is 378 g/mol. The molecular formula is C16H22N6O3S. The van der Waals surface area contributed by atoms with Gasteiger partial charge < -0.3 is 9.88 Å². The third-order valence-corrected chi connectivity index (χ3v) is 6.96. The first kappa shape index (κ1) is 17.2. The molecule has 0 unspecified atom stereocenters. The fourth-order valence-corrected chi connectivity index (χ4v) is 5.90. The van der Waals surface area contributed by atoms with Crippen LogP contribution in [0.5, 0.6) is 0 Å². The topological polar surface area (TPSA) is 115 Å². The molecule has 2 aliphatic rings. The van der Waals surface area contributed by atoms with E-state index < -0.39 is 9.84 Å². The smallest absolute Gasteiger partial charge is 0.274 e. The lowest BCUT2D eigenvalue weighted by Gasteiger charge is -2.43. The zero-order valence-electron chi connectivity index (χ0n) is 14.8. The molecule has 0 radical (unpaired) electrons. The van der Waals surface area contributed by atoms with Crippen LogP contribution >= 0.6 is 0 Å². The summed E-state index contributed by atoms with van der Waals surface area (Å²) in [7, 11) is -3.19. The molecule has 2 aliphatic heterocycles. The fraction of sp³-hybridized carbons (Fsp3) is 0.562. The number of carbonyl (C=O) groups is 1. The summed E-state index contributed by atoms with van der Waals surface area (Å²) in [5.41, 5.74) is 3.03. The zero-order chi connectivity index (χ0) is 18.5. The van der Waals surface area contributed by atoms with Gasteiger partial charge in [0.05, 0.1) is 29.6 Å². The number of nitrogens with one attached hydrogen (secondary N) is 2. The Morgan fingerprint density at radius 2 is 2.04 bits per heavy atom. The molecule has 0 aromatic carbocycles. The van der Waals surface area contributed by atoms with E-state index in [4.69, 9.17) is 0 Å². The van der Waals surface area contributed by atoms with Crippen LogP contribution in [0, 0.1) is 13.8 Å². The normalized spacial score (nSPS) is 25.4. The summed E-state index contributed by atoms with van der Waals surface area (Å²) >= 11 is 0. The minimum Gasteiger partial charge on any atom is -0.348 e. The average Bonchev–Trinajstić information content (AvgIpc) is 3.26. The van der Waals surface area contributed by atoms with E-state index in [1.165, 1.54) is 0 Å². The molecule has 2 fully saturated rings. The monoisotopic (exact) mass is 378 g/mol. The molecule has 4 rings (SSSR count). The highest BCUT2D eigenvalue weighted by atomic mass is 32.2. The second-order valence-corrected chi connectivity index (χ2v) is 9.24. The number of nitrogens with zero attached hydrogens (tertiary/aromatic N) is 4. The number of rotatable bonds is 3. The molecule has 0 bridgehead atoms. The molecule has 26 heavy (non-hydrogen) atoms. The van der Waals surface area contributed by atoms with Crippen molar-refractivity contribution in [2.24, 2.45) is 0 Å². The quantitative estimate of drug-likeness (QED) is 0.769. The molecule has 1 amide bonds. The van der Waals surface area contributed by atoms with Gasteiger partial charge in [0.15, 0.2) is 9.84 Å². The fourth-order valence-electron chi connectivity index (χ4n) is 3.89. The van der Waals surface area contributed by atoms with Crippen molar-refractivity contribution in [3.8, 4) is 0 Å². The van der Waals surface area contributed by atoms with E-state index in [1.807, 2.05) is 13.8 Å². The van der Waals surface area contributed by atoms with E-state index in [-0.39, 0.29) is 29.5 Å². The molecule has 2 atom stereocenters. The van der Waals surface area contributed by atoms with Crippen LogP contribution in [-0.4, -0.2) is 81.0 Å². The lowest BCUT2D eigenvalue weighted by atomic mass is 10.0. The van der Waals surface area contributed by atoms with Crippen molar-refractivity contribution < 1.29 is 13.2 Å². The van der Waals surface area contributed by atoms with Gasteiger partial charge in [-0.05, 0) is 19.9 Å². The Morgan fingerprint density at radius 1 is 1.27 bits per heavy atom. The van der Waals surface area contributed by atoms with Gasteiger partial charge >= 0.3 is 0 Å². The predicted octanol–water partition coefficient (Wildman–Crippen LogP) is -0.127. The number of hydrogen-bond donors (Lipinski definition) is 2. The first-order valence-corrected chi connectivity index (χ1v) is 10.4. The van der Waals surface area contributed by atoms with E-state index in [1.54, 1.807) is 17.3 Å². The number of carbonyl (C=O) groups excluding carboxylic acids is 1. The number of H-pyrrole nitrogens is 2. The van der Waals surface area contributed by atoms with Crippen LogP contribution in [0.2, 0.25) is 0 Å². The van der Waals surface area contributed by atoms with Crippen LogP contribution in [0.1, 0.15) is 27.6 Å². The lowest BCUT2D eigenvalue weighted by molar-refractivity contribution is 0.0297. The summed E-state index contributed by atoms with van der Waals surface area (Å²) in [6.07, 6.45) is 1.65. The molecule has 140 valence electrons. The van der Waals surface area contributed by atoms with Gasteiger partial charge in [0.2, 0.25) is 0 Å². The maximum Gasteiger partial charge on any atom is 0.274 e. The third-order valence-electron chi connectivity index (χ3n) is 5.26. The Hall–Kier alpha value is -2.20. The van der Waals surface area contributed by atoms with E-state index in [0.29, 0.717) is 25.3 Å². The zero-order valence-corrected chi connectivity index (χ0v) is 15.6. The molecule has 0 aliphatic carbocycles. The number of sulfone groups is 1. The second kappa shape index (κ2) is 6.20. The Labute approximate surface area is 151 Å². The molecule has 4 heterocycles. The molecule has 2 aromatic heterocycles. The molecule has 10 heteroatoms. The first-order valence-electron chi connectivity index (χ1n) is 8.60. The van der Waals surface area contributed by atoms with E-state index >= 15 is 0 Å². The van der Waals surface area contributed by atoms with Gasteiger partial charge in [0.1, 0.15) is 5.69 Å². The van der Waals surface area contributed by atoms with Crippen molar-refractivity contribution in [3.05, 3.63) is 35.2 Å². The highest BCUT2D eigenvalue weighted by molar-refractivity contribution is 7.91. The van der Waals surface area contributed by atoms with E-state index in [0.717, 1.165) is 17.1 Å². The number of fused-ring (bicyclic) bond motifs is 1. The molecule has 2 N–H and O–H groups in total. The summed E-state index contributed by atoms with van der Waals surface area (Å²) in [6, 6.07) is 1.13. The Kier molecular flexibility index (Phi) is 4.11. The van der Waals surface area contributed by atoms with Crippen molar-refractivity contribution in [2.45, 2.75) is 32.5 Å². The number of piperazine rings is 1. The standard InChI is InChI=1S/C16H22N6O3S/c1-10-5-12(20-19-10)16(23)22-4-3-21(6-13-11(2)17-9-18-13)14-7-26(24,25)8-15(14)22/h5,9,14-15H,3-4,6-8H2,1-2H3,(H,17,18)(H,19,20)/t14-,15+/m0/s1. The van der Waals surface area contributed by atoms with Crippen molar-refractivity contribution in [1.82, 2.24) is 30.0 Å². The van der Waals surface area contributed by atoms with Gasteiger partial charge in [-0.15, -0.1) is 0 Å². The predicted molar refractivity (Wildman–Crippen MR) is 94.3 cm³/mol. The number of hydrogen-bond acceptors (Lipinski definition) is 6. The van der Waals surface area contributed by atoms with Crippen molar-refractivity contribution >= 4 is 15.7 Å². The van der Waals surface area contributed by atoms with Gasteiger partial charge in [-0.1, -0.05) is 0 Å². The second-order valence-electron chi connectivity index (χ2n) is 7.09. The van der Waals surface area contributed by atoms with Crippen LogP contribution in [0.25, 0.3) is 0 Å². The summed E-state index contributed by atoms with van der Waals surface area (Å²) in [4.78, 5) is 24.0. The Bertz CT molecular complexity index is 933.